The van der Waals surface area contributed by atoms with E-state index in [9.17, 15) is 4.79 Å². The minimum Gasteiger partial charge on any atom is -0.352 e. The molecule has 27 heavy (non-hydrogen) atoms. The number of hydrogen-bond donors (Lipinski definition) is 1. The van der Waals surface area contributed by atoms with E-state index in [2.05, 4.69) is 39.5 Å². The maximum Gasteiger partial charge on any atom is 0.223 e. The first-order chi connectivity index (χ1) is 13.2. The molecular weight excluding hydrogens is 358 g/mol. The number of rotatable bonds is 5. The lowest BCUT2D eigenvalue weighted by Crippen LogP contribution is -2.40. The highest BCUT2D eigenvalue weighted by atomic mass is 32.1. The maximum absolute atomic E-state index is 12.5. The van der Waals surface area contributed by atoms with Crippen molar-refractivity contribution < 1.29 is 4.79 Å². The molecule has 3 aromatic rings. The Hall–Kier alpha value is -2.67. The van der Waals surface area contributed by atoms with Gasteiger partial charge in [0.15, 0.2) is 0 Å². The molecule has 1 saturated heterocycles. The van der Waals surface area contributed by atoms with Crippen LogP contribution in [0.1, 0.15) is 24.0 Å². The lowest BCUT2D eigenvalue weighted by molar-refractivity contribution is -0.125. The van der Waals surface area contributed by atoms with E-state index in [1.807, 2.05) is 41.2 Å². The standard InChI is InChI=1S/C20H23N5OS/c1-15-6-2-3-7-17(15)14-21-18(26)16-8-12-25(13-9-16)20-23-22-19(27-20)24-10-4-5-11-24/h2-7,10-11,16H,8-9,12-14H2,1H3,(H,21,26). The summed E-state index contributed by atoms with van der Waals surface area (Å²) < 4.78 is 1.97. The Morgan fingerprint density at radius 1 is 1.11 bits per heavy atom. The van der Waals surface area contributed by atoms with Crippen molar-refractivity contribution >= 4 is 22.4 Å². The summed E-state index contributed by atoms with van der Waals surface area (Å²) in [4.78, 5) is 14.8. The van der Waals surface area contributed by atoms with Gasteiger partial charge in [0, 0.05) is 37.9 Å². The molecule has 1 N–H and O–H groups in total. The Balaban J connectivity index is 1.30. The van der Waals surface area contributed by atoms with Gasteiger partial charge < -0.3 is 10.2 Å². The van der Waals surface area contributed by atoms with Gasteiger partial charge in [0.05, 0.1) is 0 Å². The van der Waals surface area contributed by atoms with Gasteiger partial charge >= 0.3 is 0 Å². The van der Waals surface area contributed by atoms with Crippen molar-refractivity contribution in [3.63, 3.8) is 0 Å². The molecule has 0 unspecified atom stereocenters. The van der Waals surface area contributed by atoms with Gasteiger partial charge in [-0.1, -0.05) is 35.6 Å². The van der Waals surface area contributed by atoms with E-state index in [1.165, 1.54) is 11.1 Å². The number of carbonyl (C=O) groups is 1. The van der Waals surface area contributed by atoms with E-state index >= 15 is 0 Å². The minimum absolute atomic E-state index is 0.0714. The van der Waals surface area contributed by atoms with Gasteiger partial charge in [0.2, 0.25) is 16.2 Å². The number of aryl methyl sites for hydroxylation is 1. The zero-order chi connectivity index (χ0) is 18.6. The Morgan fingerprint density at radius 3 is 2.56 bits per heavy atom. The fraction of sp³-hybridized carbons (Fsp3) is 0.350. The maximum atomic E-state index is 12.5. The molecule has 3 heterocycles. The second-order valence-corrected chi connectivity index (χ2v) is 7.80. The van der Waals surface area contributed by atoms with Crippen molar-refractivity contribution in [2.75, 3.05) is 18.0 Å². The molecule has 140 valence electrons. The molecule has 0 aliphatic carbocycles. The molecule has 0 radical (unpaired) electrons. The molecule has 0 spiro atoms. The summed E-state index contributed by atoms with van der Waals surface area (Å²) in [6, 6.07) is 12.1. The number of anilines is 1. The summed E-state index contributed by atoms with van der Waals surface area (Å²) >= 11 is 1.58. The average molecular weight is 382 g/mol. The molecule has 6 nitrogen and oxygen atoms in total. The monoisotopic (exact) mass is 381 g/mol. The number of piperidine rings is 1. The number of aromatic nitrogens is 3. The molecule has 1 fully saturated rings. The second-order valence-electron chi connectivity index (χ2n) is 6.86. The fourth-order valence-electron chi connectivity index (χ4n) is 3.37. The lowest BCUT2D eigenvalue weighted by Gasteiger charge is -2.30. The first kappa shape index (κ1) is 17.7. The molecule has 1 aliphatic rings. The van der Waals surface area contributed by atoms with Crippen molar-refractivity contribution in [1.29, 1.82) is 0 Å². The third kappa shape index (κ3) is 4.03. The SMILES string of the molecule is Cc1ccccc1CNC(=O)C1CCN(c2nnc(-n3cccc3)s2)CC1. The smallest absolute Gasteiger partial charge is 0.223 e. The van der Waals surface area contributed by atoms with Crippen LogP contribution in [0.5, 0.6) is 0 Å². The Labute approximate surface area is 162 Å². The van der Waals surface area contributed by atoms with Crippen LogP contribution in [0.2, 0.25) is 0 Å². The van der Waals surface area contributed by atoms with E-state index in [1.54, 1.807) is 11.3 Å². The fourth-order valence-corrected chi connectivity index (χ4v) is 4.24. The minimum atomic E-state index is 0.0714. The summed E-state index contributed by atoms with van der Waals surface area (Å²) in [5, 5.41) is 13.5. The summed E-state index contributed by atoms with van der Waals surface area (Å²) in [5.74, 6) is 0.227. The van der Waals surface area contributed by atoms with Crippen molar-refractivity contribution in [2.45, 2.75) is 26.3 Å². The zero-order valence-corrected chi connectivity index (χ0v) is 16.2. The van der Waals surface area contributed by atoms with Crippen LogP contribution in [0, 0.1) is 12.8 Å². The lowest BCUT2D eigenvalue weighted by atomic mass is 9.96. The molecule has 0 saturated carbocycles. The third-order valence-electron chi connectivity index (χ3n) is 5.08. The van der Waals surface area contributed by atoms with E-state index in [4.69, 9.17) is 0 Å². The van der Waals surface area contributed by atoms with Gasteiger partial charge in [0.25, 0.3) is 0 Å². The molecule has 0 atom stereocenters. The highest BCUT2D eigenvalue weighted by Crippen LogP contribution is 2.27. The first-order valence-corrected chi connectivity index (χ1v) is 10.1. The van der Waals surface area contributed by atoms with Crippen molar-refractivity contribution in [3.8, 4) is 5.13 Å². The van der Waals surface area contributed by atoms with Gasteiger partial charge in [0.1, 0.15) is 0 Å². The van der Waals surface area contributed by atoms with E-state index in [-0.39, 0.29) is 11.8 Å². The van der Waals surface area contributed by atoms with Crippen LogP contribution in [0.3, 0.4) is 0 Å². The summed E-state index contributed by atoms with van der Waals surface area (Å²) in [6.07, 6.45) is 5.63. The van der Waals surface area contributed by atoms with Gasteiger partial charge in [-0.3, -0.25) is 9.36 Å². The van der Waals surface area contributed by atoms with Gasteiger partial charge in [-0.15, -0.1) is 10.2 Å². The van der Waals surface area contributed by atoms with E-state index in [0.717, 1.165) is 36.2 Å². The summed E-state index contributed by atoms with van der Waals surface area (Å²) in [6.45, 7) is 4.35. The third-order valence-corrected chi connectivity index (χ3v) is 6.08. The first-order valence-electron chi connectivity index (χ1n) is 9.25. The number of nitrogens with one attached hydrogen (secondary N) is 1. The number of benzene rings is 1. The van der Waals surface area contributed by atoms with E-state index < -0.39 is 0 Å². The summed E-state index contributed by atoms with van der Waals surface area (Å²) in [7, 11) is 0. The van der Waals surface area contributed by atoms with Crippen LogP contribution in [0.15, 0.2) is 48.8 Å². The molecule has 1 aliphatic heterocycles. The molecule has 0 bridgehead atoms. The van der Waals surface area contributed by atoms with Gasteiger partial charge in [-0.05, 0) is 43.0 Å². The highest BCUT2D eigenvalue weighted by Gasteiger charge is 2.26. The molecule has 1 aromatic carbocycles. The molecule has 4 rings (SSSR count). The van der Waals surface area contributed by atoms with Gasteiger partial charge in [-0.25, -0.2) is 0 Å². The highest BCUT2D eigenvalue weighted by molar-refractivity contribution is 7.17. The van der Waals surface area contributed by atoms with Crippen LogP contribution in [0.4, 0.5) is 5.13 Å². The molecule has 2 aromatic heterocycles. The van der Waals surface area contributed by atoms with Crippen LogP contribution in [-0.4, -0.2) is 33.8 Å². The Morgan fingerprint density at radius 2 is 1.81 bits per heavy atom. The number of hydrogen-bond acceptors (Lipinski definition) is 5. The second kappa shape index (κ2) is 7.92. The average Bonchev–Trinajstić information content (AvgIpc) is 3.39. The topological polar surface area (TPSA) is 63.1 Å². The normalized spacial score (nSPS) is 15.1. The molecule has 1 amide bonds. The number of nitrogens with zero attached hydrogens (tertiary/aromatic N) is 4. The predicted molar refractivity (Wildman–Crippen MR) is 107 cm³/mol. The molecule has 7 heteroatoms. The van der Waals surface area contributed by atoms with Gasteiger partial charge in [-0.2, -0.15) is 0 Å². The van der Waals surface area contributed by atoms with Crippen molar-refractivity contribution in [3.05, 3.63) is 59.9 Å². The zero-order valence-electron chi connectivity index (χ0n) is 15.3. The quantitative estimate of drug-likeness (QED) is 0.737. The number of amides is 1. The van der Waals surface area contributed by atoms with Crippen LogP contribution >= 0.6 is 11.3 Å². The van der Waals surface area contributed by atoms with Crippen molar-refractivity contribution in [1.82, 2.24) is 20.1 Å². The van der Waals surface area contributed by atoms with Crippen LogP contribution < -0.4 is 10.2 Å². The van der Waals surface area contributed by atoms with E-state index in [0.29, 0.717) is 6.54 Å². The number of carbonyl (C=O) groups excluding carboxylic acids is 1. The summed E-state index contributed by atoms with van der Waals surface area (Å²) in [5.41, 5.74) is 2.39. The largest absolute Gasteiger partial charge is 0.352 e. The van der Waals surface area contributed by atoms with Crippen LogP contribution in [-0.2, 0) is 11.3 Å². The Kier molecular flexibility index (Phi) is 5.20. The van der Waals surface area contributed by atoms with Crippen LogP contribution in [0.25, 0.3) is 5.13 Å². The van der Waals surface area contributed by atoms with Crippen molar-refractivity contribution in [2.24, 2.45) is 5.92 Å². The Bertz CT molecular complexity index is 897. The molecular formula is C20H23N5OS. The predicted octanol–water partition coefficient (Wildman–Crippen LogP) is 3.17.